The van der Waals surface area contributed by atoms with Crippen LogP contribution in [0.5, 0.6) is 0 Å². The van der Waals surface area contributed by atoms with Crippen LogP contribution in [0.2, 0.25) is 0 Å². The Balaban J connectivity index is 0.00000160. The number of aliphatic imine (C=N–C) groups is 2. The van der Waals surface area contributed by atoms with Crippen molar-refractivity contribution in [2.75, 3.05) is 11.9 Å². The smallest absolute Gasteiger partial charge is 0.136 e. The molecule has 0 radical (unpaired) electrons. The molecule has 5 nitrogen and oxygen atoms in total. The quantitative estimate of drug-likeness (QED) is 0.124. The van der Waals surface area contributed by atoms with Crippen LogP contribution in [0, 0.1) is 23.4 Å². The van der Waals surface area contributed by atoms with E-state index in [0.717, 1.165) is 5.57 Å². The molecule has 3 aromatic carbocycles. The van der Waals surface area contributed by atoms with Crippen LogP contribution in [-0.2, 0) is 6.42 Å². The minimum atomic E-state index is -0.475. The molecule has 0 aromatic heterocycles. The molecule has 50 heavy (non-hydrogen) atoms. The summed E-state index contributed by atoms with van der Waals surface area (Å²) in [5.74, 6) is -0.231. The molecule has 1 aliphatic heterocycles. The largest absolute Gasteiger partial charge is 0.383 e. The highest BCUT2D eigenvalue weighted by molar-refractivity contribution is 6.16. The van der Waals surface area contributed by atoms with Crippen molar-refractivity contribution in [3.63, 3.8) is 0 Å². The van der Waals surface area contributed by atoms with Gasteiger partial charge in [0, 0.05) is 24.5 Å². The number of nitrogens with two attached hydrogens (primary N) is 1. The molecular formula is C42H52F3N5. The van der Waals surface area contributed by atoms with Crippen LogP contribution in [0.1, 0.15) is 84.9 Å². The number of anilines is 1. The van der Waals surface area contributed by atoms with Gasteiger partial charge in [-0.05, 0) is 93.1 Å². The van der Waals surface area contributed by atoms with Gasteiger partial charge >= 0.3 is 0 Å². The van der Waals surface area contributed by atoms with Gasteiger partial charge in [-0.3, -0.25) is 4.90 Å². The van der Waals surface area contributed by atoms with Gasteiger partial charge in [0.25, 0.3) is 0 Å². The van der Waals surface area contributed by atoms with E-state index in [1.165, 1.54) is 37.1 Å². The number of allylic oxidation sites excluding steroid dienone is 2. The lowest BCUT2D eigenvalue weighted by molar-refractivity contribution is 0.388. The van der Waals surface area contributed by atoms with Gasteiger partial charge in [-0.15, -0.1) is 0 Å². The third-order valence-electron chi connectivity index (χ3n) is 8.48. The van der Waals surface area contributed by atoms with E-state index in [-0.39, 0.29) is 17.2 Å². The van der Waals surface area contributed by atoms with Crippen LogP contribution < -0.4 is 10.6 Å². The summed E-state index contributed by atoms with van der Waals surface area (Å²) in [6.45, 7) is 24.6. The summed E-state index contributed by atoms with van der Waals surface area (Å²) in [5.41, 5.74) is 11.9. The normalized spacial score (nSPS) is 13.9. The number of fused-ring (bicyclic) bond motifs is 1. The highest BCUT2D eigenvalue weighted by atomic mass is 19.1. The fourth-order valence-corrected chi connectivity index (χ4v) is 5.44. The minimum absolute atomic E-state index is 0.207. The molecule has 1 aliphatic rings. The summed E-state index contributed by atoms with van der Waals surface area (Å²) in [6.07, 6.45) is 4.92. The van der Waals surface area contributed by atoms with E-state index in [1.807, 2.05) is 59.6 Å². The molecule has 0 spiro atoms. The number of nitrogens with zero attached hydrogens (tertiary/aromatic N) is 4. The van der Waals surface area contributed by atoms with Crippen LogP contribution in [0.25, 0.3) is 11.3 Å². The minimum Gasteiger partial charge on any atom is -0.383 e. The molecule has 0 fully saturated rings. The van der Waals surface area contributed by atoms with E-state index in [9.17, 15) is 4.39 Å². The topological polar surface area (TPSA) is 57.2 Å². The van der Waals surface area contributed by atoms with Crippen LogP contribution in [-0.4, -0.2) is 29.7 Å². The Labute approximate surface area is 297 Å². The van der Waals surface area contributed by atoms with Gasteiger partial charge in [0.05, 0.1) is 28.7 Å². The Hall–Kier alpha value is -4.85. The zero-order chi connectivity index (χ0) is 37.3. The molecule has 8 heteroatoms. The maximum Gasteiger partial charge on any atom is 0.136 e. The molecular weight excluding hydrogens is 631 g/mol. The Bertz CT molecular complexity index is 1830. The maximum atomic E-state index is 15.2. The molecule has 266 valence electrons. The van der Waals surface area contributed by atoms with Crippen molar-refractivity contribution < 1.29 is 13.2 Å². The van der Waals surface area contributed by atoms with Gasteiger partial charge in [0.1, 0.15) is 29.1 Å². The average Bonchev–Trinajstić information content (AvgIpc) is 3.07. The summed E-state index contributed by atoms with van der Waals surface area (Å²) in [4.78, 5) is 13.0. The predicted molar refractivity (Wildman–Crippen MR) is 207 cm³/mol. The number of likely N-dealkylation sites (N-methyl/N-ethyl adjacent to an activating group) is 1. The first kappa shape index (κ1) is 39.6. The van der Waals surface area contributed by atoms with Crippen LogP contribution in [0.4, 0.5) is 24.5 Å². The summed E-state index contributed by atoms with van der Waals surface area (Å²) >= 11 is 0. The van der Waals surface area contributed by atoms with Crippen molar-refractivity contribution in [1.82, 2.24) is 4.90 Å². The van der Waals surface area contributed by atoms with Gasteiger partial charge in [-0.2, -0.15) is 0 Å². The van der Waals surface area contributed by atoms with E-state index < -0.39 is 17.7 Å². The van der Waals surface area contributed by atoms with Crippen molar-refractivity contribution >= 4 is 34.3 Å². The van der Waals surface area contributed by atoms with Crippen LogP contribution in [0.15, 0.2) is 107 Å². The fourth-order valence-electron chi connectivity index (χ4n) is 5.44. The van der Waals surface area contributed by atoms with Crippen molar-refractivity contribution in [2.45, 2.75) is 80.7 Å². The van der Waals surface area contributed by atoms with Crippen molar-refractivity contribution in [3.05, 3.63) is 131 Å². The fraction of sp³-hybridized carbons (Fsp3) is 0.333. The molecule has 0 saturated heterocycles. The summed E-state index contributed by atoms with van der Waals surface area (Å²) in [6, 6.07) is 15.3. The van der Waals surface area contributed by atoms with E-state index in [1.54, 1.807) is 41.4 Å². The standard InChI is InChI=1S/C38H42F3N5.C4H10/c1-22(2)18-29-17-16-28(19-33(29)41)24(5)35(37(42)43-21-23(3)4)25(6)45(9)27(8)38-44-34-15-11-14-32(40)36(34)26(7)46(38)31-13-10-12-30(39)20-31;1-3-4-2/h10-17,19-22,27H,5,7,18H2,1-4,6,8-9H3,(H2,42,43);3-4H2,1-2H3/b35-25+;. The lowest BCUT2D eigenvalue weighted by atomic mass is 9.93. The van der Waals surface area contributed by atoms with Crippen molar-refractivity contribution in [3.8, 4) is 0 Å². The average molecular weight is 684 g/mol. The summed E-state index contributed by atoms with van der Waals surface area (Å²) in [5, 5.41) is 0. The van der Waals surface area contributed by atoms with Gasteiger partial charge in [-0.25, -0.2) is 23.2 Å². The molecule has 0 bridgehead atoms. The van der Waals surface area contributed by atoms with Crippen molar-refractivity contribution in [2.24, 2.45) is 21.6 Å². The molecule has 1 atom stereocenters. The van der Waals surface area contributed by atoms with E-state index in [2.05, 4.69) is 32.0 Å². The summed E-state index contributed by atoms with van der Waals surface area (Å²) < 4.78 is 44.8. The second kappa shape index (κ2) is 17.7. The zero-order valence-electron chi connectivity index (χ0n) is 31.0. The second-order valence-corrected chi connectivity index (χ2v) is 13.2. The van der Waals surface area contributed by atoms with E-state index in [0.29, 0.717) is 63.2 Å². The Morgan fingerprint density at radius 3 is 2.20 bits per heavy atom. The lowest BCUT2D eigenvalue weighted by Crippen LogP contribution is -2.46. The van der Waals surface area contributed by atoms with Gasteiger partial charge in [0.2, 0.25) is 0 Å². The molecule has 1 unspecified atom stereocenters. The van der Waals surface area contributed by atoms with Crippen LogP contribution >= 0.6 is 0 Å². The molecule has 1 heterocycles. The Morgan fingerprint density at radius 2 is 1.62 bits per heavy atom. The molecule has 4 rings (SSSR count). The highest BCUT2D eigenvalue weighted by Crippen LogP contribution is 2.39. The Morgan fingerprint density at radius 1 is 0.960 bits per heavy atom. The number of unbranched alkanes of at least 4 members (excludes halogenated alkanes) is 1. The molecule has 3 aromatic rings. The third-order valence-corrected chi connectivity index (χ3v) is 8.48. The first-order chi connectivity index (χ1) is 23.6. The SMILES string of the molecule is C=C(/C(C(N)=NC=C(C)C)=C(/C)N(C)C(C)C1=Nc2cccc(F)c2C(=C)N1c1cccc(F)c1)c1ccc(CC(C)C)c(F)c1.CCCC. The lowest BCUT2D eigenvalue weighted by Gasteiger charge is -2.39. The van der Waals surface area contributed by atoms with Gasteiger partial charge < -0.3 is 10.6 Å². The number of halogens is 3. The number of hydrogen-bond donors (Lipinski definition) is 1. The number of benzene rings is 3. The second-order valence-electron chi connectivity index (χ2n) is 13.2. The molecule has 0 amide bonds. The zero-order valence-corrected chi connectivity index (χ0v) is 31.0. The molecule has 0 saturated carbocycles. The van der Waals surface area contributed by atoms with Gasteiger partial charge in [-0.1, -0.05) is 83.5 Å². The number of rotatable bonds is 11. The highest BCUT2D eigenvalue weighted by Gasteiger charge is 2.33. The number of amidine groups is 2. The summed E-state index contributed by atoms with van der Waals surface area (Å²) in [7, 11) is 1.87. The predicted octanol–water partition coefficient (Wildman–Crippen LogP) is 11.2. The Kier molecular flexibility index (Phi) is 14.0. The molecule has 0 aliphatic carbocycles. The first-order valence-corrected chi connectivity index (χ1v) is 17.1. The van der Waals surface area contributed by atoms with Crippen molar-refractivity contribution in [1.29, 1.82) is 0 Å². The van der Waals surface area contributed by atoms with Gasteiger partial charge in [0.15, 0.2) is 0 Å². The number of hydrogen-bond acceptors (Lipinski definition) is 4. The van der Waals surface area contributed by atoms with Crippen LogP contribution in [0.3, 0.4) is 0 Å². The van der Waals surface area contributed by atoms with E-state index >= 15 is 8.78 Å². The maximum absolute atomic E-state index is 15.2. The third kappa shape index (κ3) is 9.43. The molecule has 2 N–H and O–H groups in total. The monoisotopic (exact) mass is 683 g/mol. The van der Waals surface area contributed by atoms with E-state index in [4.69, 9.17) is 10.7 Å². The first-order valence-electron chi connectivity index (χ1n) is 17.1.